The van der Waals surface area contributed by atoms with Crippen LogP contribution in [0.1, 0.15) is 47.6 Å². The van der Waals surface area contributed by atoms with E-state index in [2.05, 4.69) is 0 Å². The number of phenols is 1. The summed E-state index contributed by atoms with van der Waals surface area (Å²) in [6.45, 7) is 5.65. The van der Waals surface area contributed by atoms with Gasteiger partial charge in [0.1, 0.15) is 5.75 Å². The van der Waals surface area contributed by atoms with Crippen molar-refractivity contribution in [1.29, 1.82) is 5.41 Å². The van der Waals surface area contributed by atoms with Crippen LogP contribution >= 0.6 is 0 Å². The number of hydrogen-bond acceptors (Lipinski definition) is 4. The molecule has 4 N–H and O–H groups in total. The highest BCUT2D eigenvalue weighted by molar-refractivity contribution is 6.13. The van der Waals surface area contributed by atoms with Crippen molar-refractivity contribution in [3.8, 4) is 17.0 Å². The fourth-order valence-corrected chi connectivity index (χ4v) is 4.37. The number of anilines is 1. The summed E-state index contributed by atoms with van der Waals surface area (Å²) >= 11 is 0. The summed E-state index contributed by atoms with van der Waals surface area (Å²) in [5, 5.41) is 19.4. The Kier molecular flexibility index (Phi) is 4.14. The van der Waals surface area contributed by atoms with E-state index in [1.807, 2.05) is 38.1 Å². The van der Waals surface area contributed by atoms with Gasteiger partial charge < -0.3 is 16.2 Å². The van der Waals surface area contributed by atoms with Crippen molar-refractivity contribution in [2.75, 3.05) is 5.73 Å². The Morgan fingerprint density at radius 2 is 1.70 bits per heavy atom. The maximum atomic E-state index is 10.2. The van der Waals surface area contributed by atoms with Crippen molar-refractivity contribution >= 4 is 22.3 Å². The number of aromatic nitrogens is 1. The number of nitrogens with two attached hydrogens (primary N) is 1. The van der Waals surface area contributed by atoms with Gasteiger partial charge in [-0.25, -0.2) is 4.98 Å². The van der Waals surface area contributed by atoms with E-state index in [1.54, 1.807) is 6.92 Å². The molecule has 0 amide bonds. The van der Waals surface area contributed by atoms with Gasteiger partial charge in [0.15, 0.2) is 0 Å². The molecule has 0 fully saturated rings. The lowest BCUT2D eigenvalue weighted by atomic mass is 9.84. The van der Waals surface area contributed by atoms with Gasteiger partial charge in [-0.05, 0) is 93.0 Å². The molecule has 1 aromatic heterocycles. The standard InChI is InChI=1S/C23H25N3O/c1-12-10-15(11-13(2)23(12)27)22-17-7-5-4-6-16(17)21-19(26-22)9-8-18(25)20(21)14(3)24/h8-11,24,27H,4-7,25H2,1-3H3. The zero-order chi connectivity index (χ0) is 19.3. The fraction of sp³-hybridized carbons (Fsp3) is 0.304. The second kappa shape index (κ2) is 6.38. The number of nitrogen functional groups attached to an aromatic ring is 1. The number of hydrogen-bond donors (Lipinski definition) is 3. The lowest BCUT2D eigenvalue weighted by Gasteiger charge is -2.24. The second-order valence-corrected chi connectivity index (χ2v) is 7.63. The Labute approximate surface area is 159 Å². The van der Waals surface area contributed by atoms with Gasteiger partial charge in [0.2, 0.25) is 0 Å². The lowest BCUT2D eigenvalue weighted by molar-refractivity contribution is 0.467. The summed E-state index contributed by atoms with van der Waals surface area (Å²) in [7, 11) is 0. The van der Waals surface area contributed by atoms with E-state index >= 15 is 0 Å². The van der Waals surface area contributed by atoms with Crippen LogP contribution in [-0.4, -0.2) is 15.8 Å². The monoisotopic (exact) mass is 359 g/mol. The highest BCUT2D eigenvalue weighted by Crippen LogP contribution is 2.39. The molecule has 4 nitrogen and oxygen atoms in total. The molecule has 138 valence electrons. The van der Waals surface area contributed by atoms with Crippen molar-refractivity contribution in [2.24, 2.45) is 0 Å². The molecule has 4 heteroatoms. The topological polar surface area (TPSA) is 83.0 Å². The maximum Gasteiger partial charge on any atom is 0.121 e. The van der Waals surface area contributed by atoms with Crippen molar-refractivity contribution in [1.82, 2.24) is 4.98 Å². The first-order valence-electron chi connectivity index (χ1n) is 9.48. The third kappa shape index (κ3) is 2.76. The number of fused-ring (bicyclic) bond motifs is 3. The third-order valence-corrected chi connectivity index (χ3v) is 5.64. The number of pyridine rings is 1. The first-order chi connectivity index (χ1) is 12.9. The molecule has 2 aromatic carbocycles. The quantitative estimate of drug-likeness (QED) is 0.441. The van der Waals surface area contributed by atoms with E-state index in [4.69, 9.17) is 16.1 Å². The van der Waals surface area contributed by atoms with Crippen molar-refractivity contribution in [3.63, 3.8) is 0 Å². The van der Waals surface area contributed by atoms with Crippen LogP contribution in [0.3, 0.4) is 0 Å². The minimum absolute atomic E-state index is 0.350. The fourth-order valence-electron chi connectivity index (χ4n) is 4.37. The third-order valence-electron chi connectivity index (χ3n) is 5.64. The van der Waals surface area contributed by atoms with Gasteiger partial charge in [-0.15, -0.1) is 0 Å². The van der Waals surface area contributed by atoms with Gasteiger partial charge in [0.25, 0.3) is 0 Å². The number of aromatic hydroxyl groups is 1. The summed E-state index contributed by atoms with van der Waals surface area (Å²) in [5.41, 5.74) is 15.4. The Hall–Kier alpha value is -2.88. The van der Waals surface area contributed by atoms with Crippen LogP contribution in [0.2, 0.25) is 0 Å². The molecule has 0 radical (unpaired) electrons. The van der Waals surface area contributed by atoms with Crippen LogP contribution < -0.4 is 5.73 Å². The van der Waals surface area contributed by atoms with E-state index in [0.717, 1.165) is 64.5 Å². The molecule has 1 aliphatic carbocycles. The minimum Gasteiger partial charge on any atom is -0.507 e. The number of benzene rings is 2. The Morgan fingerprint density at radius 3 is 2.33 bits per heavy atom. The maximum absolute atomic E-state index is 10.2. The van der Waals surface area contributed by atoms with E-state index in [0.29, 0.717) is 17.1 Å². The first kappa shape index (κ1) is 17.5. The molecular weight excluding hydrogens is 334 g/mol. The molecular formula is C23H25N3O. The smallest absolute Gasteiger partial charge is 0.121 e. The summed E-state index contributed by atoms with van der Waals surface area (Å²) in [5.74, 6) is 0.350. The molecule has 1 aliphatic rings. The van der Waals surface area contributed by atoms with Crippen LogP contribution in [0.4, 0.5) is 5.69 Å². The normalized spacial score (nSPS) is 13.6. The van der Waals surface area contributed by atoms with Crippen molar-refractivity contribution in [3.05, 3.63) is 52.1 Å². The molecule has 0 spiro atoms. The number of aryl methyl sites for hydroxylation is 3. The number of rotatable bonds is 2. The number of nitrogens with zero attached hydrogens (tertiary/aromatic N) is 1. The Morgan fingerprint density at radius 1 is 1.07 bits per heavy atom. The summed E-state index contributed by atoms with van der Waals surface area (Å²) in [6, 6.07) is 7.86. The molecule has 0 saturated carbocycles. The Bertz CT molecular complexity index is 1080. The van der Waals surface area contributed by atoms with Crippen LogP contribution in [0.15, 0.2) is 24.3 Å². The molecule has 27 heavy (non-hydrogen) atoms. The van der Waals surface area contributed by atoms with Crippen LogP contribution in [0.5, 0.6) is 5.75 Å². The molecule has 0 unspecified atom stereocenters. The molecule has 0 saturated heterocycles. The van der Waals surface area contributed by atoms with E-state index in [9.17, 15) is 5.11 Å². The van der Waals surface area contributed by atoms with Gasteiger partial charge in [0, 0.05) is 27.9 Å². The number of phenolic OH excluding ortho intramolecular Hbond substituents is 1. The molecule has 0 aliphatic heterocycles. The van der Waals surface area contributed by atoms with Gasteiger partial charge in [-0.1, -0.05) is 0 Å². The van der Waals surface area contributed by atoms with Crippen LogP contribution in [-0.2, 0) is 12.8 Å². The molecule has 1 heterocycles. The highest BCUT2D eigenvalue weighted by atomic mass is 16.3. The predicted octanol–water partition coefficient (Wildman–Crippen LogP) is 5.07. The van der Waals surface area contributed by atoms with Gasteiger partial charge in [-0.2, -0.15) is 0 Å². The van der Waals surface area contributed by atoms with Gasteiger partial charge in [0.05, 0.1) is 11.2 Å². The minimum atomic E-state index is 0.350. The molecule has 4 rings (SSSR count). The van der Waals surface area contributed by atoms with Gasteiger partial charge >= 0.3 is 0 Å². The average molecular weight is 359 g/mol. The SMILES string of the molecule is CC(=N)c1c(N)ccc2nc(-c3cc(C)c(O)c(C)c3)c3c(c12)CCCC3. The second-order valence-electron chi connectivity index (χ2n) is 7.63. The van der Waals surface area contributed by atoms with E-state index in [-0.39, 0.29) is 0 Å². The average Bonchev–Trinajstić information content (AvgIpc) is 2.64. The Balaban J connectivity index is 2.10. The summed E-state index contributed by atoms with van der Waals surface area (Å²) in [4.78, 5) is 5.02. The molecule has 0 bridgehead atoms. The molecule has 0 atom stereocenters. The zero-order valence-electron chi connectivity index (χ0n) is 16.1. The van der Waals surface area contributed by atoms with Crippen molar-refractivity contribution in [2.45, 2.75) is 46.5 Å². The van der Waals surface area contributed by atoms with E-state index in [1.165, 1.54) is 11.1 Å². The van der Waals surface area contributed by atoms with Crippen LogP contribution in [0, 0.1) is 19.3 Å². The summed E-state index contributed by atoms with van der Waals surface area (Å²) in [6.07, 6.45) is 4.26. The van der Waals surface area contributed by atoms with Gasteiger partial charge in [-0.3, -0.25) is 0 Å². The number of nitrogens with one attached hydrogen (secondary N) is 1. The highest BCUT2D eigenvalue weighted by Gasteiger charge is 2.23. The summed E-state index contributed by atoms with van der Waals surface area (Å²) < 4.78 is 0. The van der Waals surface area contributed by atoms with E-state index < -0.39 is 0 Å². The van der Waals surface area contributed by atoms with Crippen LogP contribution in [0.25, 0.3) is 22.2 Å². The largest absolute Gasteiger partial charge is 0.507 e. The predicted molar refractivity (Wildman–Crippen MR) is 112 cm³/mol. The molecule has 3 aromatic rings. The first-order valence-corrected chi connectivity index (χ1v) is 9.48. The van der Waals surface area contributed by atoms with Crippen molar-refractivity contribution < 1.29 is 5.11 Å². The zero-order valence-corrected chi connectivity index (χ0v) is 16.1. The lowest BCUT2D eigenvalue weighted by Crippen LogP contribution is -2.11.